The lowest BCUT2D eigenvalue weighted by Gasteiger charge is -2.06. The van der Waals surface area contributed by atoms with Crippen molar-refractivity contribution in [3.63, 3.8) is 0 Å². The van der Waals surface area contributed by atoms with Gasteiger partial charge in [-0.25, -0.2) is 18.4 Å². The minimum atomic E-state index is -2.46. The van der Waals surface area contributed by atoms with Gasteiger partial charge in [-0.15, -0.1) is 12.4 Å². The number of anilines is 1. The second-order valence-electron chi connectivity index (χ2n) is 3.48. The van der Waals surface area contributed by atoms with E-state index < -0.39 is 10.7 Å². The smallest absolute Gasteiger partial charge is 0.219 e. The van der Waals surface area contributed by atoms with Crippen molar-refractivity contribution in [3.05, 3.63) is 42.2 Å². The van der Waals surface area contributed by atoms with Crippen LogP contribution in [-0.2, 0) is 16.5 Å². The number of nitrogens with zero attached hydrogens (tertiary/aromatic N) is 2. The maximum atomic E-state index is 10.8. The fourth-order valence-electron chi connectivity index (χ4n) is 1.56. The zero-order valence-corrected chi connectivity index (χ0v) is 11.0. The van der Waals surface area contributed by atoms with Gasteiger partial charge in [-0.3, -0.25) is 0 Å². The van der Waals surface area contributed by atoms with Crippen LogP contribution >= 0.6 is 12.4 Å². The van der Waals surface area contributed by atoms with Gasteiger partial charge in [-0.1, -0.05) is 24.3 Å². The summed E-state index contributed by atoms with van der Waals surface area (Å²) >= 11 is 0. The van der Waals surface area contributed by atoms with Gasteiger partial charge in [0.15, 0.2) is 0 Å². The van der Waals surface area contributed by atoms with E-state index in [1.54, 1.807) is 24.5 Å². The lowest BCUT2D eigenvalue weighted by molar-refractivity contribution is 0.614. The first-order chi connectivity index (χ1) is 8.16. The average molecular weight is 286 g/mol. The van der Waals surface area contributed by atoms with Crippen molar-refractivity contribution in [2.75, 3.05) is 5.73 Å². The first kappa shape index (κ1) is 14.4. The van der Waals surface area contributed by atoms with Crippen molar-refractivity contribution < 1.29 is 8.42 Å². The molecular weight excluding hydrogens is 274 g/mol. The molecule has 0 atom stereocenters. The Morgan fingerprint density at radius 3 is 2.33 bits per heavy atom. The maximum Gasteiger partial charge on any atom is 0.219 e. The molecule has 0 spiro atoms. The summed E-state index contributed by atoms with van der Waals surface area (Å²) in [7, 11) is -2.46. The quantitative estimate of drug-likeness (QED) is 0.829. The molecule has 2 rings (SSSR count). The fraction of sp³-hybridized carbons (Fsp3) is 0.0909. The molecule has 0 amide bonds. The minimum Gasteiger partial charge on any atom is -0.368 e. The SMILES string of the molecule is Cl.Nc1ncc(-c2ccccc2C[SH](=O)=O)cn1. The molecule has 18 heavy (non-hydrogen) atoms. The number of hydrogen-bond donors (Lipinski definition) is 2. The highest BCUT2D eigenvalue weighted by atomic mass is 35.5. The van der Waals surface area contributed by atoms with Crippen molar-refractivity contribution in [1.82, 2.24) is 9.97 Å². The van der Waals surface area contributed by atoms with Gasteiger partial charge in [-0.2, -0.15) is 0 Å². The predicted molar refractivity (Wildman–Crippen MR) is 73.1 cm³/mol. The number of benzene rings is 1. The van der Waals surface area contributed by atoms with E-state index in [0.29, 0.717) is 0 Å². The molecular formula is C11H12ClN3O2S. The molecule has 1 aromatic carbocycles. The molecule has 7 heteroatoms. The molecule has 96 valence electrons. The summed E-state index contributed by atoms with van der Waals surface area (Å²) in [6.45, 7) is 0. The number of thiol groups is 1. The Morgan fingerprint density at radius 2 is 1.72 bits per heavy atom. The Morgan fingerprint density at radius 1 is 1.11 bits per heavy atom. The van der Waals surface area contributed by atoms with Gasteiger partial charge in [0.1, 0.15) is 10.7 Å². The number of nitrogen functional groups attached to an aromatic ring is 1. The van der Waals surface area contributed by atoms with Crippen LogP contribution in [-0.4, -0.2) is 18.4 Å². The van der Waals surface area contributed by atoms with Crippen LogP contribution in [0.15, 0.2) is 36.7 Å². The third-order valence-corrected chi connectivity index (χ3v) is 2.90. The van der Waals surface area contributed by atoms with E-state index in [0.717, 1.165) is 16.7 Å². The van der Waals surface area contributed by atoms with E-state index >= 15 is 0 Å². The molecule has 5 nitrogen and oxygen atoms in total. The van der Waals surface area contributed by atoms with Crippen LogP contribution in [0, 0.1) is 0 Å². The van der Waals surface area contributed by atoms with Gasteiger partial charge in [0.25, 0.3) is 0 Å². The average Bonchev–Trinajstić information content (AvgIpc) is 2.30. The normalized spacial score (nSPS) is 10.1. The molecule has 2 N–H and O–H groups in total. The molecule has 0 aliphatic carbocycles. The second-order valence-corrected chi connectivity index (χ2v) is 4.46. The number of aromatic nitrogens is 2. The van der Waals surface area contributed by atoms with Gasteiger partial charge < -0.3 is 5.73 Å². The topological polar surface area (TPSA) is 85.9 Å². The largest absolute Gasteiger partial charge is 0.368 e. The summed E-state index contributed by atoms with van der Waals surface area (Å²) in [6, 6.07) is 7.25. The molecule has 2 aromatic rings. The fourth-order valence-corrected chi connectivity index (χ4v) is 2.11. The molecule has 0 aliphatic rings. The highest BCUT2D eigenvalue weighted by Gasteiger charge is 2.06. The third kappa shape index (κ3) is 3.41. The van der Waals surface area contributed by atoms with Crippen molar-refractivity contribution in [2.24, 2.45) is 0 Å². The molecule has 1 heterocycles. The van der Waals surface area contributed by atoms with Crippen molar-refractivity contribution in [3.8, 4) is 11.1 Å². The first-order valence-electron chi connectivity index (χ1n) is 4.94. The van der Waals surface area contributed by atoms with Gasteiger partial charge in [-0.05, 0) is 11.1 Å². The van der Waals surface area contributed by atoms with Crippen LogP contribution in [0.3, 0.4) is 0 Å². The maximum absolute atomic E-state index is 10.8. The monoisotopic (exact) mass is 285 g/mol. The lowest BCUT2D eigenvalue weighted by Crippen LogP contribution is -1.96. The highest BCUT2D eigenvalue weighted by Crippen LogP contribution is 2.22. The molecule has 0 radical (unpaired) electrons. The van der Waals surface area contributed by atoms with Gasteiger partial charge >= 0.3 is 0 Å². The molecule has 0 saturated carbocycles. The van der Waals surface area contributed by atoms with E-state index in [1.807, 2.05) is 12.1 Å². The Kier molecular flexibility index (Phi) is 5.06. The van der Waals surface area contributed by atoms with Gasteiger partial charge in [0.05, 0.1) is 5.75 Å². The van der Waals surface area contributed by atoms with E-state index in [4.69, 9.17) is 5.73 Å². The third-order valence-electron chi connectivity index (χ3n) is 2.30. The number of rotatable bonds is 3. The van der Waals surface area contributed by atoms with Crippen LogP contribution in [0.25, 0.3) is 11.1 Å². The Balaban J connectivity index is 0.00000162. The standard InChI is InChI=1S/C11H11N3O2S.ClH/c12-11-13-5-9(6-14-11)10-4-2-1-3-8(10)7-17(15)16;/h1-6,17H,7H2,(H2,12,13,14);1H. The molecule has 1 aromatic heterocycles. The summed E-state index contributed by atoms with van der Waals surface area (Å²) in [6.07, 6.45) is 3.16. The van der Waals surface area contributed by atoms with Crippen molar-refractivity contribution in [2.45, 2.75) is 5.75 Å². The van der Waals surface area contributed by atoms with Gasteiger partial charge in [0, 0.05) is 18.0 Å². The Bertz CT molecular complexity index is 591. The van der Waals surface area contributed by atoms with Gasteiger partial charge in [0.2, 0.25) is 5.95 Å². The summed E-state index contributed by atoms with van der Waals surface area (Å²) < 4.78 is 21.6. The summed E-state index contributed by atoms with van der Waals surface area (Å²) in [4.78, 5) is 7.78. The van der Waals surface area contributed by atoms with E-state index in [2.05, 4.69) is 9.97 Å². The zero-order valence-electron chi connectivity index (χ0n) is 9.31. The van der Waals surface area contributed by atoms with Crippen LogP contribution in [0.5, 0.6) is 0 Å². The second kappa shape index (κ2) is 6.32. The Labute approximate surface area is 112 Å². The van der Waals surface area contributed by atoms with Crippen molar-refractivity contribution in [1.29, 1.82) is 0 Å². The lowest BCUT2D eigenvalue weighted by atomic mass is 10.0. The molecule has 0 bridgehead atoms. The molecule has 0 unspecified atom stereocenters. The zero-order chi connectivity index (χ0) is 12.3. The summed E-state index contributed by atoms with van der Waals surface area (Å²) in [5.41, 5.74) is 7.71. The summed E-state index contributed by atoms with van der Waals surface area (Å²) in [5, 5.41) is 0. The van der Waals surface area contributed by atoms with E-state index in [-0.39, 0.29) is 24.1 Å². The molecule has 0 fully saturated rings. The molecule has 0 saturated heterocycles. The first-order valence-corrected chi connectivity index (χ1v) is 6.30. The van der Waals surface area contributed by atoms with E-state index in [9.17, 15) is 8.42 Å². The van der Waals surface area contributed by atoms with Crippen LogP contribution < -0.4 is 5.73 Å². The van der Waals surface area contributed by atoms with Crippen LogP contribution in [0.4, 0.5) is 5.95 Å². The summed E-state index contributed by atoms with van der Waals surface area (Å²) in [5.74, 6) is 0.205. The minimum absolute atomic E-state index is 0. The van der Waals surface area contributed by atoms with Crippen LogP contribution in [0.1, 0.15) is 5.56 Å². The number of nitrogens with two attached hydrogens (primary N) is 1. The van der Waals surface area contributed by atoms with E-state index in [1.165, 1.54) is 0 Å². The van der Waals surface area contributed by atoms with Crippen molar-refractivity contribution >= 4 is 29.1 Å². The molecule has 0 aliphatic heterocycles. The predicted octanol–water partition coefficient (Wildman–Crippen LogP) is 1.26. The Hall–Kier alpha value is -1.66. The number of halogens is 1. The van der Waals surface area contributed by atoms with Crippen LogP contribution in [0.2, 0.25) is 0 Å². The number of hydrogen-bond acceptors (Lipinski definition) is 5. The highest BCUT2D eigenvalue weighted by molar-refractivity contribution is 7.71.